The molecule has 0 saturated carbocycles. The summed E-state index contributed by atoms with van der Waals surface area (Å²) in [5.74, 6) is -0.763. The van der Waals surface area contributed by atoms with Gasteiger partial charge in [-0.2, -0.15) is 0 Å². The molecular formula is C20H23N3O3. The maximum absolute atomic E-state index is 12.5. The molecule has 3 N–H and O–H groups in total. The van der Waals surface area contributed by atoms with Crippen LogP contribution in [-0.2, 0) is 4.79 Å². The van der Waals surface area contributed by atoms with Crippen LogP contribution in [0.5, 0.6) is 0 Å². The summed E-state index contributed by atoms with van der Waals surface area (Å²) in [6, 6.07) is 13.4. The fraction of sp³-hybridized carbons (Fsp3) is 0.250. The number of carbonyl (C=O) groups excluding carboxylic acids is 3. The molecule has 0 aromatic heterocycles. The average Bonchev–Trinajstić information content (AvgIpc) is 2.53. The Labute approximate surface area is 153 Å². The van der Waals surface area contributed by atoms with Crippen molar-refractivity contribution in [3.63, 3.8) is 0 Å². The molecule has 2 rings (SSSR count). The summed E-state index contributed by atoms with van der Waals surface area (Å²) in [7, 11) is 0. The zero-order valence-corrected chi connectivity index (χ0v) is 15.3. The summed E-state index contributed by atoms with van der Waals surface area (Å²) in [4.78, 5) is 35.9. The van der Waals surface area contributed by atoms with Crippen molar-refractivity contribution in [3.05, 3.63) is 59.7 Å². The lowest BCUT2D eigenvalue weighted by molar-refractivity contribution is -0.114. The Bertz CT molecular complexity index is 838. The van der Waals surface area contributed by atoms with Gasteiger partial charge in [-0.1, -0.05) is 12.1 Å². The predicted octanol–water partition coefficient (Wildman–Crippen LogP) is 3.43. The van der Waals surface area contributed by atoms with Gasteiger partial charge < -0.3 is 16.0 Å². The van der Waals surface area contributed by atoms with Gasteiger partial charge in [0.15, 0.2) is 0 Å². The smallest absolute Gasteiger partial charge is 0.255 e. The second-order valence-electron chi connectivity index (χ2n) is 7.00. The van der Waals surface area contributed by atoms with Crippen LogP contribution >= 0.6 is 0 Å². The second-order valence-corrected chi connectivity index (χ2v) is 7.00. The number of anilines is 2. The minimum Gasteiger partial charge on any atom is -0.347 e. The SMILES string of the molecule is CC(=O)Nc1cccc(NC(=O)c2cccc(C(=O)NC(C)(C)C)c2)c1. The molecule has 0 aliphatic carbocycles. The van der Waals surface area contributed by atoms with Gasteiger partial charge in [-0.05, 0) is 57.2 Å². The van der Waals surface area contributed by atoms with Crippen molar-refractivity contribution in [2.24, 2.45) is 0 Å². The molecule has 0 atom stereocenters. The number of hydrogen-bond donors (Lipinski definition) is 3. The van der Waals surface area contributed by atoms with E-state index in [9.17, 15) is 14.4 Å². The largest absolute Gasteiger partial charge is 0.347 e. The van der Waals surface area contributed by atoms with Crippen molar-refractivity contribution >= 4 is 29.1 Å². The molecule has 0 unspecified atom stereocenters. The van der Waals surface area contributed by atoms with E-state index in [1.165, 1.54) is 6.92 Å². The van der Waals surface area contributed by atoms with Crippen LogP contribution in [0, 0.1) is 0 Å². The number of carbonyl (C=O) groups is 3. The van der Waals surface area contributed by atoms with Crippen molar-refractivity contribution in [2.45, 2.75) is 33.2 Å². The fourth-order valence-corrected chi connectivity index (χ4v) is 2.30. The third-order valence-electron chi connectivity index (χ3n) is 3.32. The Balaban J connectivity index is 2.14. The van der Waals surface area contributed by atoms with E-state index in [1.54, 1.807) is 48.5 Å². The van der Waals surface area contributed by atoms with Crippen LogP contribution in [0.15, 0.2) is 48.5 Å². The molecular weight excluding hydrogens is 330 g/mol. The molecule has 0 fully saturated rings. The molecule has 136 valence electrons. The third kappa shape index (κ3) is 5.73. The fourth-order valence-electron chi connectivity index (χ4n) is 2.30. The van der Waals surface area contributed by atoms with Gasteiger partial charge in [0.25, 0.3) is 11.8 Å². The first-order valence-corrected chi connectivity index (χ1v) is 8.26. The topological polar surface area (TPSA) is 87.3 Å². The molecule has 0 saturated heterocycles. The highest BCUT2D eigenvalue weighted by Crippen LogP contribution is 2.17. The third-order valence-corrected chi connectivity index (χ3v) is 3.32. The summed E-state index contributed by atoms with van der Waals surface area (Å²) in [5, 5.41) is 8.29. The highest BCUT2D eigenvalue weighted by atomic mass is 16.2. The van der Waals surface area contributed by atoms with Crippen LogP contribution < -0.4 is 16.0 Å². The number of amides is 3. The number of rotatable bonds is 4. The van der Waals surface area contributed by atoms with Gasteiger partial charge >= 0.3 is 0 Å². The lowest BCUT2D eigenvalue weighted by atomic mass is 10.1. The zero-order chi connectivity index (χ0) is 19.3. The van der Waals surface area contributed by atoms with Gasteiger partial charge in [-0.15, -0.1) is 0 Å². The molecule has 6 heteroatoms. The maximum Gasteiger partial charge on any atom is 0.255 e. The summed E-state index contributed by atoms with van der Waals surface area (Å²) in [6.07, 6.45) is 0. The molecule has 26 heavy (non-hydrogen) atoms. The summed E-state index contributed by atoms with van der Waals surface area (Å²) in [6.45, 7) is 7.09. The molecule has 6 nitrogen and oxygen atoms in total. The standard InChI is InChI=1S/C20H23N3O3/c1-13(24)21-16-9-6-10-17(12-16)22-18(25)14-7-5-8-15(11-14)19(26)23-20(2,3)4/h5-12H,1-4H3,(H,21,24)(H,22,25)(H,23,26). The Morgan fingerprint density at radius 2 is 1.31 bits per heavy atom. The number of hydrogen-bond acceptors (Lipinski definition) is 3. The van der Waals surface area contributed by atoms with Crippen LogP contribution in [0.3, 0.4) is 0 Å². The molecule has 0 spiro atoms. The molecule has 3 amide bonds. The van der Waals surface area contributed by atoms with E-state index in [1.807, 2.05) is 20.8 Å². The van der Waals surface area contributed by atoms with Gasteiger partial charge in [-0.3, -0.25) is 14.4 Å². The Hall–Kier alpha value is -3.15. The van der Waals surface area contributed by atoms with Crippen LogP contribution in [0.4, 0.5) is 11.4 Å². The van der Waals surface area contributed by atoms with E-state index in [4.69, 9.17) is 0 Å². The van der Waals surface area contributed by atoms with Crippen molar-refractivity contribution in [1.82, 2.24) is 5.32 Å². The minimum atomic E-state index is -0.362. The summed E-state index contributed by atoms with van der Waals surface area (Å²) >= 11 is 0. The van der Waals surface area contributed by atoms with E-state index in [0.29, 0.717) is 22.5 Å². The van der Waals surface area contributed by atoms with E-state index in [2.05, 4.69) is 16.0 Å². The Morgan fingerprint density at radius 3 is 1.88 bits per heavy atom. The molecule has 0 heterocycles. The summed E-state index contributed by atoms with van der Waals surface area (Å²) < 4.78 is 0. The summed E-state index contributed by atoms with van der Waals surface area (Å²) in [5.41, 5.74) is 1.56. The number of benzene rings is 2. The van der Waals surface area contributed by atoms with Gasteiger partial charge in [0.2, 0.25) is 5.91 Å². The van der Waals surface area contributed by atoms with Crippen molar-refractivity contribution < 1.29 is 14.4 Å². The second kappa shape index (κ2) is 7.82. The average molecular weight is 353 g/mol. The van der Waals surface area contributed by atoms with Gasteiger partial charge in [0.05, 0.1) is 0 Å². The van der Waals surface area contributed by atoms with Crippen molar-refractivity contribution in [3.8, 4) is 0 Å². The zero-order valence-electron chi connectivity index (χ0n) is 15.3. The Morgan fingerprint density at radius 1 is 0.769 bits per heavy atom. The van der Waals surface area contributed by atoms with Crippen LogP contribution in [-0.4, -0.2) is 23.3 Å². The van der Waals surface area contributed by atoms with Crippen LogP contribution in [0.2, 0.25) is 0 Å². The molecule has 0 radical (unpaired) electrons. The highest BCUT2D eigenvalue weighted by molar-refractivity contribution is 6.06. The van der Waals surface area contributed by atoms with E-state index < -0.39 is 0 Å². The molecule has 0 aliphatic rings. The minimum absolute atomic E-state index is 0.189. The molecule has 0 aliphatic heterocycles. The van der Waals surface area contributed by atoms with Crippen LogP contribution in [0.25, 0.3) is 0 Å². The molecule has 2 aromatic carbocycles. The normalized spacial score (nSPS) is 10.8. The van der Waals surface area contributed by atoms with E-state index in [0.717, 1.165) is 0 Å². The van der Waals surface area contributed by atoms with E-state index >= 15 is 0 Å². The first kappa shape index (κ1) is 19.2. The van der Waals surface area contributed by atoms with E-state index in [-0.39, 0.29) is 23.3 Å². The monoisotopic (exact) mass is 353 g/mol. The molecule has 2 aromatic rings. The highest BCUT2D eigenvalue weighted by Gasteiger charge is 2.16. The molecule has 0 bridgehead atoms. The lowest BCUT2D eigenvalue weighted by Crippen LogP contribution is -2.40. The first-order valence-electron chi connectivity index (χ1n) is 8.26. The predicted molar refractivity (Wildman–Crippen MR) is 102 cm³/mol. The van der Waals surface area contributed by atoms with Gasteiger partial charge in [0, 0.05) is 35.0 Å². The first-order chi connectivity index (χ1) is 12.1. The van der Waals surface area contributed by atoms with Crippen molar-refractivity contribution in [2.75, 3.05) is 10.6 Å². The maximum atomic E-state index is 12.5. The lowest BCUT2D eigenvalue weighted by Gasteiger charge is -2.20. The quantitative estimate of drug-likeness (QED) is 0.787. The van der Waals surface area contributed by atoms with Gasteiger partial charge in [0.1, 0.15) is 0 Å². The van der Waals surface area contributed by atoms with Crippen molar-refractivity contribution in [1.29, 1.82) is 0 Å². The van der Waals surface area contributed by atoms with Gasteiger partial charge in [-0.25, -0.2) is 0 Å². The van der Waals surface area contributed by atoms with Crippen LogP contribution in [0.1, 0.15) is 48.4 Å². The Kier molecular flexibility index (Phi) is 5.77. The number of nitrogens with one attached hydrogen (secondary N) is 3.